The Balaban J connectivity index is 2.10. The van der Waals surface area contributed by atoms with Crippen molar-refractivity contribution in [1.29, 1.82) is 5.41 Å². The van der Waals surface area contributed by atoms with Gasteiger partial charge in [-0.3, -0.25) is 10.2 Å². The van der Waals surface area contributed by atoms with E-state index >= 15 is 0 Å². The van der Waals surface area contributed by atoms with Crippen molar-refractivity contribution < 1.29 is 4.79 Å². The van der Waals surface area contributed by atoms with Crippen LogP contribution in [0.3, 0.4) is 0 Å². The second-order valence-corrected chi connectivity index (χ2v) is 5.92. The summed E-state index contributed by atoms with van der Waals surface area (Å²) >= 11 is 0. The van der Waals surface area contributed by atoms with Crippen molar-refractivity contribution in [2.45, 2.75) is 46.0 Å². The molecule has 0 radical (unpaired) electrons. The van der Waals surface area contributed by atoms with Crippen LogP contribution >= 0.6 is 0 Å². The molecule has 0 bridgehead atoms. The molecule has 19 heavy (non-hydrogen) atoms. The Morgan fingerprint density at radius 2 is 1.89 bits per heavy atom. The van der Waals surface area contributed by atoms with Gasteiger partial charge in [-0.15, -0.1) is 0 Å². The molecule has 0 aromatic carbocycles. The molecule has 110 valence electrons. The molecular weight excluding hydrogens is 240 g/mol. The van der Waals surface area contributed by atoms with Crippen LogP contribution in [0.25, 0.3) is 0 Å². The number of amides is 1. The molecule has 5 heteroatoms. The van der Waals surface area contributed by atoms with Gasteiger partial charge in [-0.25, -0.2) is 0 Å². The van der Waals surface area contributed by atoms with E-state index in [-0.39, 0.29) is 11.9 Å². The highest BCUT2D eigenvalue weighted by Gasteiger charge is 2.23. The predicted octanol–water partition coefficient (Wildman–Crippen LogP) is 1.44. The lowest BCUT2D eigenvalue weighted by molar-refractivity contribution is -0.121. The van der Waals surface area contributed by atoms with Crippen molar-refractivity contribution in [1.82, 2.24) is 10.6 Å². The Morgan fingerprint density at radius 1 is 1.26 bits per heavy atom. The molecule has 0 saturated heterocycles. The summed E-state index contributed by atoms with van der Waals surface area (Å²) in [7, 11) is 0. The standard InChI is InChI=1S/C14H28N4O/c1-10(2)12-5-3-11(4-6-12)9-18-13(19)7-8-17-14(15)16/h10-12H,3-9H2,1-2H3,(H,18,19)(H4,15,16,17). The van der Waals surface area contributed by atoms with Crippen LogP contribution in [0.15, 0.2) is 0 Å². The summed E-state index contributed by atoms with van der Waals surface area (Å²) in [6, 6.07) is 0. The molecule has 1 aliphatic carbocycles. The topological polar surface area (TPSA) is 91.0 Å². The molecular formula is C14H28N4O. The third-order valence-electron chi connectivity index (χ3n) is 4.09. The SMILES string of the molecule is CC(C)C1CCC(CNC(=O)CCNC(=N)N)CC1. The maximum atomic E-state index is 11.6. The fourth-order valence-electron chi connectivity index (χ4n) is 2.72. The summed E-state index contributed by atoms with van der Waals surface area (Å²) in [6.45, 7) is 5.83. The molecule has 0 aromatic rings. The molecule has 1 amide bonds. The zero-order valence-electron chi connectivity index (χ0n) is 12.2. The predicted molar refractivity (Wildman–Crippen MR) is 77.8 cm³/mol. The molecule has 0 unspecified atom stereocenters. The zero-order valence-corrected chi connectivity index (χ0v) is 12.2. The number of hydrogen-bond acceptors (Lipinski definition) is 2. The first-order valence-corrected chi connectivity index (χ1v) is 7.33. The van der Waals surface area contributed by atoms with Crippen LogP contribution in [-0.2, 0) is 4.79 Å². The number of hydrogen-bond donors (Lipinski definition) is 4. The highest BCUT2D eigenvalue weighted by molar-refractivity contribution is 5.78. The van der Waals surface area contributed by atoms with E-state index in [1.54, 1.807) is 0 Å². The van der Waals surface area contributed by atoms with Gasteiger partial charge in [-0.1, -0.05) is 13.8 Å². The van der Waals surface area contributed by atoms with E-state index in [1.165, 1.54) is 25.7 Å². The van der Waals surface area contributed by atoms with Crippen molar-refractivity contribution >= 4 is 11.9 Å². The number of nitrogens with one attached hydrogen (secondary N) is 3. The van der Waals surface area contributed by atoms with Crippen LogP contribution in [0.5, 0.6) is 0 Å². The van der Waals surface area contributed by atoms with Crippen molar-refractivity contribution in [3.8, 4) is 0 Å². The molecule has 1 fully saturated rings. The number of carbonyl (C=O) groups excluding carboxylic acids is 1. The Kier molecular flexibility index (Phi) is 6.67. The van der Waals surface area contributed by atoms with Gasteiger partial charge in [0, 0.05) is 19.5 Å². The first kappa shape index (κ1) is 15.8. The lowest BCUT2D eigenvalue weighted by atomic mass is 9.77. The van der Waals surface area contributed by atoms with Crippen LogP contribution in [0.4, 0.5) is 0 Å². The van der Waals surface area contributed by atoms with E-state index in [0.29, 0.717) is 18.9 Å². The van der Waals surface area contributed by atoms with Gasteiger partial charge in [0.1, 0.15) is 0 Å². The number of carbonyl (C=O) groups is 1. The monoisotopic (exact) mass is 268 g/mol. The zero-order chi connectivity index (χ0) is 14.3. The van der Waals surface area contributed by atoms with Crippen molar-refractivity contribution in [2.75, 3.05) is 13.1 Å². The minimum Gasteiger partial charge on any atom is -0.370 e. The maximum absolute atomic E-state index is 11.6. The summed E-state index contributed by atoms with van der Waals surface area (Å²) in [5.41, 5.74) is 5.15. The average Bonchev–Trinajstić information content (AvgIpc) is 2.36. The van der Waals surface area contributed by atoms with Gasteiger partial charge in [-0.05, 0) is 43.4 Å². The van der Waals surface area contributed by atoms with Gasteiger partial charge >= 0.3 is 0 Å². The molecule has 1 saturated carbocycles. The van der Waals surface area contributed by atoms with Gasteiger partial charge < -0.3 is 16.4 Å². The summed E-state index contributed by atoms with van der Waals surface area (Å²) in [5, 5.41) is 12.6. The molecule has 5 nitrogen and oxygen atoms in total. The average molecular weight is 268 g/mol. The lowest BCUT2D eigenvalue weighted by Crippen LogP contribution is -2.36. The molecule has 5 N–H and O–H groups in total. The quantitative estimate of drug-likeness (QED) is 0.434. The highest BCUT2D eigenvalue weighted by atomic mass is 16.1. The molecule has 0 spiro atoms. The smallest absolute Gasteiger partial charge is 0.221 e. The fraction of sp³-hybridized carbons (Fsp3) is 0.857. The third-order valence-corrected chi connectivity index (χ3v) is 4.09. The fourth-order valence-corrected chi connectivity index (χ4v) is 2.72. The van der Waals surface area contributed by atoms with Gasteiger partial charge in [0.15, 0.2) is 5.96 Å². The first-order chi connectivity index (χ1) is 8.99. The van der Waals surface area contributed by atoms with Crippen LogP contribution in [0.1, 0.15) is 46.0 Å². The Labute approximate surface area is 116 Å². The Hall–Kier alpha value is -1.26. The van der Waals surface area contributed by atoms with E-state index in [2.05, 4.69) is 24.5 Å². The summed E-state index contributed by atoms with van der Waals surface area (Å²) in [6.07, 6.45) is 5.43. The van der Waals surface area contributed by atoms with E-state index in [0.717, 1.165) is 18.4 Å². The van der Waals surface area contributed by atoms with Crippen LogP contribution in [0, 0.1) is 23.2 Å². The second-order valence-electron chi connectivity index (χ2n) is 5.92. The molecule has 0 atom stereocenters. The largest absolute Gasteiger partial charge is 0.370 e. The van der Waals surface area contributed by atoms with E-state index in [9.17, 15) is 4.79 Å². The summed E-state index contributed by atoms with van der Waals surface area (Å²) in [4.78, 5) is 11.6. The van der Waals surface area contributed by atoms with Crippen LogP contribution in [-0.4, -0.2) is 25.0 Å². The highest BCUT2D eigenvalue weighted by Crippen LogP contribution is 2.32. The molecule has 0 aliphatic heterocycles. The summed E-state index contributed by atoms with van der Waals surface area (Å²) < 4.78 is 0. The Morgan fingerprint density at radius 3 is 2.42 bits per heavy atom. The number of rotatable bonds is 6. The second kappa shape index (κ2) is 8.02. The normalized spacial score (nSPS) is 23.1. The van der Waals surface area contributed by atoms with E-state index < -0.39 is 0 Å². The van der Waals surface area contributed by atoms with Gasteiger partial charge in [0.05, 0.1) is 0 Å². The molecule has 1 aliphatic rings. The minimum absolute atomic E-state index is 0.0414. The third kappa shape index (κ3) is 6.45. The molecule has 0 heterocycles. The first-order valence-electron chi connectivity index (χ1n) is 7.33. The number of nitrogens with two attached hydrogens (primary N) is 1. The number of guanidine groups is 1. The van der Waals surface area contributed by atoms with Crippen molar-refractivity contribution in [3.05, 3.63) is 0 Å². The minimum atomic E-state index is -0.0835. The van der Waals surface area contributed by atoms with Crippen LogP contribution in [0.2, 0.25) is 0 Å². The van der Waals surface area contributed by atoms with Crippen LogP contribution < -0.4 is 16.4 Å². The van der Waals surface area contributed by atoms with Gasteiger partial charge in [-0.2, -0.15) is 0 Å². The summed E-state index contributed by atoms with van der Waals surface area (Å²) in [5.74, 6) is 2.25. The maximum Gasteiger partial charge on any atom is 0.221 e. The van der Waals surface area contributed by atoms with Gasteiger partial charge in [0.25, 0.3) is 0 Å². The van der Waals surface area contributed by atoms with Crippen molar-refractivity contribution in [3.63, 3.8) is 0 Å². The van der Waals surface area contributed by atoms with E-state index in [1.807, 2.05) is 0 Å². The van der Waals surface area contributed by atoms with Gasteiger partial charge in [0.2, 0.25) is 5.91 Å². The molecule has 0 aromatic heterocycles. The molecule has 1 rings (SSSR count). The lowest BCUT2D eigenvalue weighted by Gasteiger charge is -2.30. The van der Waals surface area contributed by atoms with Crippen molar-refractivity contribution in [2.24, 2.45) is 23.5 Å². The van der Waals surface area contributed by atoms with E-state index in [4.69, 9.17) is 11.1 Å². The Bertz CT molecular complexity index is 296.